The van der Waals surface area contributed by atoms with Crippen LogP contribution in [0.5, 0.6) is 0 Å². The van der Waals surface area contributed by atoms with Crippen LogP contribution in [0.15, 0.2) is 48.7 Å². The highest BCUT2D eigenvalue weighted by molar-refractivity contribution is 5.94. The number of rotatable bonds is 5. The lowest BCUT2D eigenvalue weighted by atomic mass is 10.2. The van der Waals surface area contributed by atoms with Crippen LogP contribution in [-0.4, -0.2) is 67.6 Å². The summed E-state index contributed by atoms with van der Waals surface area (Å²) in [6.45, 7) is 4.75. The SMILES string of the molecule is O=C(NCC(=O)N1CCN(c2ccccc2)CC1)Nc1cccnc1N1CCCC1. The minimum absolute atomic E-state index is 0.0174. The number of hydrogen-bond donors (Lipinski definition) is 2. The number of nitrogens with zero attached hydrogens (tertiary/aromatic N) is 4. The number of carbonyl (C=O) groups is 2. The number of carbonyl (C=O) groups excluding carboxylic acids is 2. The molecule has 3 heterocycles. The third kappa shape index (κ3) is 4.82. The van der Waals surface area contributed by atoms with Crippen LogP contribution in [-0.2, 0) is 4.79 Å². The summed E-state index contributed by atoms with van der Waals surface area (Å²) in [5, 5.41) is 5.53. The Morgan fingerprint density at radius 1 is 0.867 bits per heavy atom. The smallest absolute Gasteiger partial charge is 0.319 e. The molecule has 3 amide bonds. The molecular weight excluding hydrogens is 380 g/mol. The third-order valence-corrected chi connectivity index (χ3v) is 5.59. The molecule has 2 aromatic rings. The maximum atomic E-state index is 12.5. The first-order valence-electron chi connectivity index (χ1n) is 10.5. The maximum Gasteiger partial charge on any atom is 0.319 e. The molecule has 0 unspecified atom stereocenters. The van der Waals surface area contributed by atoms with Gasteiger partial charge in [0.15, 0.2) is 5.82 Å². The first-order chi connectivity index (χ1) is 14.7. The summed E-state index contributed by atoms with van der Waals surface area (Å²) < 4.78 is 0. The van der Waals surface area contributed by atoms with Gasteiger partial charge < -0.3 is 25.3 Å². The average Bonchev–Trinajstić information content (AvgIpc) is 3.33. The van der Waals surface area contributed by atoms with Crippen molar-refractivity contribution >= 4 is 29.1 Å². The molecule has 158 valence electrons. The van der Waals surface area contributed by atoms with Gasteiger partial charge in [-0.2, -0.15) is 0 Å². The van der Waals surface area contributed by atoms with Crippen molar-refractivity contribution in [3.05, 3.63) is 48.7 Å². The predicted octanol–water partition coefficient (Wildman–Crippen LogP) is 2.15. The van der Waals surface area contributed by atoms with Gasteiger partial charge in [0, 0.05) is 51.2 Å². The highest BCUT2D eigenvalue weighted by atomic mass is 16.2. The highest BCUT2D eigenvalue weighted by Crippen LogP contribution is 2.25. The van der Waals surface area contributed by atoms with Gasteiger partial charge in [-0.05, 0) is 37.1 Å². The molecule has 0 spiro atoms. The van der Waals surface area contributed by atoms with Crippen LogP contribution in [0.3, 0.4) is 0 Å². The van der Waals surface area contributed by atoms with Crippen molar-refractivity contribution in [3.63, 3.8) is 0 Å². The molecule has 2 saturated heterocycles. The number of anilines is 3. The zero-order valence-electron chi connectivity index (χ0n) is 17.1. The van der Waals surface area contributed by atoms with Crippen molar-refractivity contribution in [2.45, 2.75) is 12.8 Å². The van der Waals surface area contributed by atoms with E-state index in [2.05, 4.69) is 37.6 Å². The van der Waals surface area contributed by atoms with E-state index in [4.69, 9.17) is 0 Å². The summed E-state index contributed by atoms with van der Waals surface area (Å²) in [6.07, 6.45) is 4.00. The fraction of sp³-hybridized carbons (Fsp3) is 0.409. The van der Waals surface area contributed by atoms with Gasteiger partial charge in [0.2, 0.25) is 5.91 Å². The first kappa shape index (κ1) is 20.0. The van der Waals surface area contributed by atoms with E-state index in [1.165, 1.54) is 5.69 Å². The summed E-state index contributed by atoms with van der Waals surface area (Å²) >= 11 is 0. The summed E-state index contributed by atoms with van der Waals surface area (Å²) in [5.41, 5.74) is 1.84. The van der Waals surface area contributed by atoms with E-state index in [9.17, 15) is 9.59 Å². The van der Waals surface area contributed by atoms with Crippen molar-refractivity contribution < 1.29 is 9.59 Å². The Bertz CT molecular complexity index is 861. The molecule has 2 aliphatic rings. The van der Waals surface area contributed by atoms with Crippen LogP contribution >= 0.6 is 0 Å². The van der Waals surface area contributed by atoms with Gasteiger partial charge in [-0.1, -0.05) is 18.2 Å². The molecule has 0 saturated carbocycles. The lowest BCUT2D eigenvalue weighted by Crippen LogP contribution is -2.51. The minimum atomic E-state index is -0.389. The van der Waals surface area contributed by atoms with Gasteiger partial charge in [-0.25, -0.2) is 9.78 Å². The molecule has 2 fully saturated rings. The molecule has 30 heavy (non-hydrogen) atoms. The normalized spacial score (nSPS) is 16.5. The standard InChI is InChI=1S/C22H28N6O2/c29-20(27-15-13-26(14-16-27)18-7-2-1-3-8-18)17-24-22(30)25-19-9-6-10-23-21(19)28-11-4-5-12-28/h1-3,6-10H,4-5,11-17H2,(H2,24,25,30). The van der Waals surface area contributed by atoms with E-state index in [-0.39, 0.29) is 18.5 Å². The molecule has 4 rings (SSSR count). The molecule has 8 nitrogen and oxygen atoms in total. The highest BCUT2D eigenvalue weighted by Gasteiger charge is 2.22. The molecule has 0 bridgehead atoms. The molecule has 0 radical (unpaired) electrons. The molecule has 2 N–H and O–H groups in total. The number of benzene rings is 1. The van der Waals surface area contributed by atoms with Gasteiger partial charge in [0.05, 0.1) is 12.2 Å². The van der Waals surface area contributed by atoms with Crippen LogP contribution in [0, 0.1) is 0 Å². The van der Waals surface area contributed by atoms with E-state index in [0.29, 0.717) is 18.8 Å². The van der Waals surface area contributed by atoms with Crippen molar-refractivity contribution in [2.24, 2.45) is 0 Å². The summed E-state index contributed by atoms with van der Waals surface area (Å²) in [4.78, 5) is 35.5. The fourth-order valence-electron chi connectivity index (χ4n) is 3.96. The van der Waals surface area contributed by atoms with Crippen molar-refractivity contribution in [1.29, 1.82) is 0 Å². The third-order valence-electron chi connectivity index (χ3n) is 5.59. The Balaban J connectivity index is 1.24. The first-order valence-corrected chi connectivity index (χ1v) is 10.5. The van der Waals surface area contributed by atoms with E-state index in [0.717, 1.165) is 44.8 Å². The quantitative estimate of drug-likeness (QED) is 0.792. The zero-order valence-corrected chi connectivity index (χ0v) is 17.1. The molecule has 1 aromatic heterocycles. The number of urea groups is 1. The minimum Gasteiger partial charge on any atom is -0.368 e. The topological polar surface area (TPSA) is 80.8 Å². The van der Waals surface area contributed by atoms with Crippen LogP contribution in [0.1, 0.15) is 12.8 Å². The van der Waals surface area contributed by atoms with Crippen LogP contribution in [0.4, 0.5) is 22.0 Å². The molecule has 8 heteroatoms. The lowest BCUT2D eigenvalue weighted by Gasteiger charge is -2.36. The second kappa shape index (κ2) is 9.47. The summed E-state index contributed by atoms with van der Waals surface area (Å²) in [6, 6.07) is 13.5. The number of hydrogen-bond acceptors (Lipinski definition) is 5. The number of aromatic nitrogens is 1. The van der Waals surface area contributed by atoms with E-state index in [1.54, 1.807) is 17.2 Å². The molecule has 0 atom stereocenters. The van der Waals surface area contributed by atoms with Gasteiger partial charge in [0.1, 0.15) is 0 Å². The van der Waals surface area contributed by atoms with Crippen LogP contribution in [0.2, 0.25) is 0 Å². The molecule has 2 aliphatic heterocycles. The number of piperazine rings is 1. The Morgan fingerprint density at radius 2 is 1.60 bits per heavy atom. The Morgan fingerprint density at radius 3 is 2.33 bits per heavy atom. The average molecular weight is 409 g/mol. The molecule has 1 aromatic carbocycles. The molecular formula is C22H28N6O2. The van der Waals surface area contributed by atoms with E-state index >= 15 is 0 Å². The lowest BCUT2D eigenvalue weighted by molar-refractivity contribution is -0.130. The van der Waals surface area contributed by atoms with E-state index < -0.39 is 0 Å². The number of amides is 3. The maximum absolute atomic E-state index is 12.5. The van der Waals surface area contributed by atoms with Gasteiger partial charge in [0.25, 0.3) is 0 Å². The summed E-state index contributed by atoms with van der Waals surface area (Å²) in [5.74, 6) is 0.720. The Hall–Kier alpha value is -3.29. The largest absolute Gasteiger partial charge is 0.368 e. The Kier molecular flexibility index (Phi) is 6.32. The van der Waals surface area contributed by atoms with E-state index in [1.807, 2.05) is 24.3 Å². The number of pyridine rings is 1. The van der Waals surface area contributed by atoms with Crippen LogP contribution < -0.4 is 20.4 Å². The number of nitrogens with one attached hydrogen (secondary N) is 2. The zero-order chi connectivity index (χ0) is 20.8. The summed E-state index contributed by atoms with van der Waals surface area (Å²) in [7, 11) is 0. The second-order valence-corrected chi connectivity index (χ2v) is 7.58. The van der Waals surface area contributed by atoms with Crippen molar-refractivity contribution in [1.82, 2.24) is 15.2 Å². The second-order valence-electron chi connectivity index (χ2n) is 7.58. The van der Waals surface area contributed by atoms with Gasteiger partial charge in [-0.15, -0.1) is 0 Å². The molecule has 0 aliphatic carbocycles. The van der Waals surface area contributed by atoms with Crippen molar-refractivity contribution in [3.8, 4) is 0 Å². The fourth-order valence-corrected chi connectivity index (χ4v) is 3.96. The number of para-hydroxylation sites is 1. The van der Waals surface area contributed by atoms with Crippen LogP contribution in [0.25, 0.3) is 0 Å². The van der Waals surface area contributed by atoms with Gasteiger partial charge in [-0.3, -0.25) is 4.79 Å². The Labute approximate surface area is 176 Å². The van der Waals surface area contributed by atoms with Gasteiger partial charge >= 0.3 is 6.03 Å². The predicted molar refractivity (Wildman–Crippen MR) is 118 cm³/mol. The van der Waals surface area contributed by atoms with Crippen molar-refractivity contribution in [2.75, 3.05) is 60.9 Å². The monoisotopic (exact) mass is 408 g/mol.